The fraction of sp³-hybridized carbons (Fsp3) is 0.667. The fourth-order valence-corrected chi connectivity index (χ4v) is 0.610. The van der Waals surface area contributed by atoms with Crippen LogP contribution in [-0.2, 0) is 39.8 Å². The van der Waals surface area contributed by atoms with E-state index in [4.69, 9.17) is 0 Å². The van der Waals surface area contributed by atoms with Crippen molar-refractivity contribution in [2.24, 2.45) is 0 Å². The number of hydrogen-bond acceptors (Lipinski definition) is 2. The van der Waals surface area contributed by atoms with Crippen molar-refractivity contribution in [3.63, 3.8) is 0 Å². The van der Waals surface area contributed by atoms with Crippen molar-refractivity contribution in [1.29, 1.82) is 0 Å². The second-order valence-corrected chi connectivity index (χ2v) is 1.83. The first-order chi connectivity index (χ1) is 2.79. The largest absolute Gasteiger partial charge is 1.00 e. The van der Waals surface area contributed by atoms with Crippen LogP contribution in [-0.4, -0.2) is 11.3 Å². The number of carbonyl (C=O) groups excluding carboxylic acids is 1. The number of nitrogens with one attached hydrogen (secondary N) is 1. The predicted molar refractivity (Wildman–Crippen MR) is 23.9 cm³/mol. The van der Waals surface area contributed by atoms with Crippen molar-refractivity contribution in [1.82, 2.24) is 5.32 Å². The van der Waals surface area contributed by atoms with Gasteiger partial charge in [-0.1, -0.05) is 5.37 Å². The molecule has 0 aliphatic carbocycles. The molecule has 4 heteroatoms. The molecule has 1 aliphatic heterocycles. The first-order valence-corrected chi connectivity index (χ1v) is 2.21. The summed E-state index contributed by atoms with van der Waals surface area (Å²) in [5.74, 6) is 0.0787. The molecule has 1 heterocycles. The normalized spacial score (nSPS) is 27.0. The topological polar surface area (TPSA) is 29.1 Å². The molecule has 0 saturated carbocycles. The molecule has 1 amide bonds. The summed E-state index contributed by atoms with van der Waals surface area (Å²) < 4.78 is 0. The van der Waals surface area contributed by atoms with Crippen LogP contribution in [0.4, 0.5) is 0 Å². The monoisotopic (exact) mass is 209 g/mol. The zero-order valence-electron chi connectivity index (χ0n) is 3.40. The van der Waals surface area contributed by atoms with Gasteiger partial charge in [0.15, 0.2) is 0 Å². The summed E-state index contributed by atoms with van der Waals surface area (Å²) in [6.45, 7) is 0. The number of amides is 1. The summed E-state index contributed by atoms with van der Waals surface area (Å²) >= 11 is 4.61. The number of β-lactam (4-membered cyclic amide) rings is 1. The molecule has 0 spiro atoms. The number of rotatable bonds is 0. The van der Waals surface area contributed by atoms with Crippen LogP contribution in [0.15, 0.2) is 0 Å². The average Bonchev–Trinajstić information content (AvgIpc) is 1.33. The first kappa shape index (κ1) is 7.56. The molecule has 0 bridgehead atoms. The van der Waals surface area contributed by atoms with Crippen molar-refractivity contribution in [3.8, 4) is 0 Å². The molecule has 2 nitrogen and oxygen atoms in total. The van der Waals surface area contributed by atoms with Crippen LogP contribution in [0.3, 0.4) is 0 Å². The van der Waals surface area contributed by atoms with Gasteiger partial charge in [-0.15, -0.1) is 0 Å². The van der Waals surface area contributed by atoms with Gasteiger partial charge >= 0.3 is 22.4 Å². The minimum Gasteiger partial charge on any atom is -0.768 e. The van der Waals surface area contributed by atoms with Crippen molar-refractivity contribution < 1.29 is 27.2 Å². The maximum atomic E-state index is 9.93. The van der Waals surface area contributed by atoms with E-state index in [1.807, 2.05) is 0 Å². The van der Waals surface area contributed by atoms with E-state index in [1.54, 1.807) is 0 Å². The van der Waals surface area contributed by atoms with E-state index in [0.29, 0.717) is 6.42 Å². The molecule has 1 saturated heterocycles. The Kier molecular flexibility index (Phi) is 2.99. The van der Waals surface area contributed by atoms with E-state index in [9.17, 15) is 4.79 Å². The second kappa shape index (κ2) is 2.77. The van der Waals surface area contributed by atoms with Crippen molar-refractivity contribution >= 4 is 18.5 Å². The molecule has 0 aromatic rings. The van der Waals surface area contributed by atoms with E-state index in [2.05, 4.69) is 17.9 Å². The Morgan fingerprint density at radius 2 is 2.29 bits per heavy atom. The Balaban J connectivity index is 0.000000360. The maximum Gasteiger partial charge on any atom is 1.00 e. The number of carbonyl (C=O) groups is 1. The molecular formula is C3H4AgNOS. The Labute approximate surface area is 63.0 Å². The summed E-state index contributed by atoms with van der Waals surface area (Å²) in [5, 5.41) is 2.51. The standard InChI is InChI=1S/C3H5NOS.Ag/c5-2-1-3(6)4-2;/h3,6H,1H2,(H,4,5);/q;+1/p-1. The molecule has 0 aromatic carbocycles. The molecule has 1 unspecified atom stereocenters. The van der Waals surface area contributed by atoms with Crippen LogP contribution in [0.25, 0.3) is 0 Å². The molecular weight excluding hydrogens is 206 g/mol. The first-order valence-electron chi connectivity index (χ1n) is 1.74. The van der Waals surface area contributed by atoms with Gasteiger partial charge in [0.2, 0.25) is 5.91 Å². The van der Waals surface area contributed by atoms with Crippen molar-refractivity contribution in [2.45, 2.75) is 11.8 Å². The zero-order chi connectivity index (χ0) is 4.57. The molecule has 0 aromatic heterocycles. The minimum absolute atomic E-state index is 0. The van der Waals surface area contributed by atoms with Gasteiger partial charge in [-0.05, 0) is 0 Å². The van der Waals surface area contributed by atoms with E-state index in [0.717, 1.165) is 0 Å². The third kappa shape index (κ3) is 1.86. The Morgan fingerprint density at radius 3 is 2.29 bits per heavy atom. The van der Waals surface area contributed by atoms with Gasteiger partial charge in [0.25, 0.3) is 0 Å². The third-order valence-electron chi connectivity index (χ3n) is 0.693. The van der Waals surface area contributed by atoms with Gasteiger partial charge < -0.3 is 17.9 Å². The van der Waals surface area contributed by atoms with Crippen LogP contribution in [0.1, 0.15) is 6.42 Å². The molecule has 7 heavy (non-hydrogen) atoms. The summed E-state index contributed by atoms with van der Waals surface area (Å²) in [6, 6.07) is 0. The average molecular weight is 210 g/mol. The summed E-state index contributed by atoms with van der Waals surface area (Å²) in [7, 11) is 0. The zero-order valence-corrected chi connectivity index (χ0v) is 5.70. The van der Waals surface area contributed by atoms with Gasteiger partial charge in [-0.25, -0.2) is 0 Å². The molecule has 1 atom stereocenters. The van der Waals surface area contributed by atoms with Crippen LogP contribution < -0.4 is 5.32 Å². The Hall–Kier alpha value is 0.560. The van der Waals surface area contributed by atoms with Gasteiger partial charge in [0.1, 0.15) is 0 Å². The van der Waals surface area contributed by atoms with Crippen LogP contribution in [0.2, 0.25) is 0 Å². The van der Waals surface area contributed by atoms with Gasteiger partial charge in [-0.2, -0.15) is 0 Å². The maximum absolute atomic E-state index is 9.93. The molecule has 44 valence electrons. The smallest absolute Gasteiger partial charge is 0.768 e. The summed E-state index contributed by atoms with van der Waals surface area (Å²) in [5.41, 5.74) is 0. The minimum atomic E-state index is 0. The molecule has 1 rings (SSSR count). The van der Waals surface area contributed by atoms with Crippen LogP contribution in [0, 0.1) is 0 Å². The van der Waals surface area contributed by atoms with Gasteiger partial charge in [-0.3, -0.25) is 4.79 Å². The van der Waals surface area contributed by atoms with E-state index < -0.39 is 0 Å². The summed E-state index contributed by atoms with van der Waals surface area (Å²) in [6.07, 6.45) is 0.537. The van der Waals surface area contributed by atoms with Crippen molar-refractivity contribution in [3.05, 3.63) is 0 Å². The van der Waals surface area contributed by atoms with Crippen molar-refractivity contribution in [2.75, 3.05) is 0 Å². The Morgan fingerprint density at radius 1 is 1.86 bits per heavy atom. The molecule has 1 N–H and O–H groups in total. The fourth-order valence-electron chi connectivity index (χ4n) is 0.327. The van der Waals surface area contributed by atoms with E-state index >= 15 is 0 Å². The van der Waals surface area contributed by atoms with E-state index in [1.165, 1.54) is 0 Å². The van der Waals surface area contributed by atoms with Crippen LogP contribution in [0.5, 0.6) is 0 Å². The molecule has 1 fully saturated rings. The second-order valence-electron chi connectivity index (χ2n) is 1.26. The van der Waals surface area contributed by atoms with E-state index in [-0.39, 0.29) is 33.7 Å². The SMILES string of the molecule is O=C1CC([S-])N1.[Ag+]. The van der Waals surface area contributed by atoms with Crippen LogP contribution >= 0.6 is 0 Å². The Bertz CT molecular complexity index is 79.0. The van der Waals surface area contributed by atoms with Gasteiger partial charge in [0.05, 0.1) is 0 Å². The molecule has 1 aliphatic rings. The van der Waals surface area contributed by atoms with Gasteiger partial charge in [0, 0.05) is 6.42 Å². The molecule has 0 radical (unpaired) electrons. The number of hydrogen-bond donors (Lipinski definition) is 1. The predicted octanol–water partition coefficient (Wildman–Crippen LogP) is -0.623. The third-order valence-corrected chi connectivity index (χ3v) is 0.977. The quantitative estimate of drug-likeness (QED) is 0.328. The summed E-state index contributed by atoms with van der Waals surface area (Å²) in [4.78, 5) is 9.93.